The summed E-state index contributed by atoms with van der Waals surface area (Å²) >= 11 is 0. The molecule has 4 nitrogen and oxygen atoms in total. The number of anilines is 1. The molecule has 78 valence electrons. The van der Waals surface area contributed by atoms with Crippen molar-refractivity contribution in [2.45, 2.75) is 12.8 Å². The highest BCUT2D eigenvalue weighted by atomic mass is 15.3. The first-order chi connectivity index (χ1) is 6.86. The second-order valence-corrected chi connectivity index (χ2v) is 3.91. The molecule has 1 aromatic rings. The van der Waals surface area contributed by atoms with E-state index in [9.17, 15) is 0 Å². The molecule has 1 atom stereocenters. The first kappa shape index (κ1) is 9.52. The maximum Gasteiger partial charge on any atom is 0.123 e. The van der Waals surface area contributed by atoms with Crippen LogP contribution in [0.4, 0.5) is 5.82 Å². The van der Waals surface area contributed by atoms with Crippen molar-refractivity contribution in [1.29, 1.82) is 0 Å². The van der Waals surface area contributed by atoms with Crippen molar-refractivity contribution in [2.75, 3.05) is 25.0 Å². The maximum atomic E-state index is 4.11. The van der Waals surface area contributed by atoms with Gasteiger partial charge in [0.25, 0.3) is 0 Å². The second-order valence-electron chi connectivity index (χ2n) is 3.91. The zero-order valence-corrected chi connectivity index (χ0v) is 8.66. The Balaban J connectivity index is 1.70. The van der Waals surface area contributed by atoms with Gasteiger partial charge < -0.3 is 10.6 Å². The highest BCUT2D eigenvalue weighted by Crippen LogP contribution is 2.12. The fourth-order valence-electron chi connectivity index (χ4n) is 1.91. The van der Waals surface area contributed by atoms with E-state index >= 15 is 0 Å². The second kappa shape index (κ2) is 4.46. The minimum absolute atomic E-state index is 0.857. The largest absolute Gasteiger partial charge is 0.370 e. The summed E-state index contributed by atoms with van der Waals surface area (Å²) in [6, 6.07) is 2.01. The van der Waals surface area contributed by atoms with Crippen LogP contribution >= 0.6 is 0 Å². The van der Waals surface area contributed by atoms with Gasteiger partial charge in [0.1, 0.15) is 5.82 Å². The third kappa shape index (κ3) is 2.26. The molecule has 2 rings (SSSR count). The monoisotopic (exact) mass is 194 g/mol. The van der Waals surface area contributed by atoms with Gasteiger partial charge in [0, 0.05) is 19.7 Å². The average Bonchev–Trinajstić information content (AvgIpc) is 2.78. The lowest BCUT2D eigenvalue weighted by atomic mass is 10.1. The molecule has 1 saturated heterocycles. The smallest absolute Gasteiger partial charge is 0.123 e. The van der Waals surface area contributed by atoms with Crippen molar-refractivity contribution < 1.29 is 0 Å². The summed E-state index contributed by atoms with van der Waals surface area (Å²) in [6.45, 7) is 3.43. The number of nitrogens with one attached hydrogen (secondary N) is 2. The third-order valence-electron chi connectivity index (χ3n) is 2.84. The molecule has 0 aromatic carbocycles. The van der Waals surface area contributed by atoms with Gasteiger partial charge in [0.05, 0.1) is 6.20 Å². The van der Waals surface area contributed by atoms with Crippen LogP contribution in [0.5, 0.6) is 0 Å². The molecule has 0 radical (unpaired) electrons. The first-order valence-corrected chi connectivity index (χ1v) is 5.29. The van der Waals surface area contributed by atoms with Crippen molar-refractivity contribution in [2.24, 2.45) is 13.0 Å². The van der Waals surface area contributed by atoms with E-state index in [0.29, 0.717) is 0 Å². The SMILES string of the molecule is Cn1nccc1NCCC1CCNC1. The van der Waals surface area contributed by atoms with E-state index in [0.717, 1.165) is 18.3 Å². The van der Waals surface area contributed by atoms with Crippen molar-refractivity contribution in [3.8, 4) is 0 Å². The predicted octanol–water partition coefficient (Wildman–Crippen LogP) is 0.832. The lowest BCUT2D eigenvalue weighted by Gasteiger charge is -2.09. The standard InChI is InChI=1S/C10H18N4/c1-14-10(4-7-13-14)12-6-3-9-2-5-11-8-9/h4,7,9,11-12H,2-3,5-6,8H2,1H3. The summed E-state index contributed by atoms with van der Waals surface area (Å²) in [6.07, 6.45) is 4.39. The molecular weight excluding hydrogens is 176 g/mol. The number of hydrogen-bond donors (Lipinski definition) is 2. The Hall–Kier alpha value is -1.03. The lowest BCUT2D eigenvalue weighted by Crippen LogP contribution is -2.13. The van der Waals surface area contributed by atoms with Crippen LogP contribution in [0.3, 0.4) is 0 Å². The molecule has 0 spiro atoms. The zero-order chi connectivity index (χ0) is 9.80. The molecule has 0 amide bonds. The minimum Gasteiger partial charge on any atom is -0.370 e. The molecule has 1 aliphatic rings. The number of aromatic nitrogens is 2. The molecule has 1 aliphatic heterocycles. The van der Waals surface area contributed by atoms with Gasteiger partial charge in [-0.2, -0.15) is 5.10 Å². The molecule has 0 saturated carbocycles. The van der Waals surface area contributed by atoms with Crippen molar-refractivity contribution in [3.05, 3.63) is 12.3 Å². The Morgan fingerprint density at radius 2 is 2.64 bits per heavy atom. The van der Waals surface area contributed by atoms with Crippen LogP contribution in [0, 0.1) is 5.92 Å². The Bertz CT molecular complexity index is 275. The molecule has 0 bridgehead atoms. The Kier molecular flexibility index (Phi) is 3.03. The van der Waals surface area contributed by atoms with E-state index < -0.39 is 0 Å². The summed E-state index contributed by atoms with van der Waals surface area (Å²) in [5, 5.41) is 10.9. The Labute approximate surface area is 84.7 Å². The van der Waals surface area contributed by atoms with Crippen LogP contribution < -0.4 is 10.6 Å². The van der Waals surface area contributed by atoms with Crippen LogP contribution in [0.15, 0.2) is 12.3 Å². The molecule has 2 heterocycles. The molecule has 0 aliphatic carbocycles. The highest BCUT2D eigenvalue weighted by Gasteiger charge is 2.13. The lowest BCUT2D eigenvalue weighted by molar-refractivity contribution is 0.548. The van der Waals surface area contributed by atoms with Gasteiger partial charge in [-0.05, 0) is 31.8 Å². The van der Waals surface area contributed by atoms with Crippen LogP contribution in [-0.2, 0) is 7.05 Å². The molecule has 1 fully saturated rings. The summed E-state index contributed by atoms with van der Waals surface area (Å²) < 4.78 is 1.87. The van der Waals surface area contributed by atoms with E-state index in [-0.39, 0.29) is 0 Å². The average molecular weight is 194 g/mol. The Morgan fingerprint density at radius 1 is 1.71 bits per heavy atom. The normalized spacial score (nSPS) is 21.4. The van der Waals surface area contributed by atoms with Crippen molar-refractivity contribution in [3.63, 3.8) is 0 Å². The minimum atomic E-state index is 0.857. The predicted molar refractivity (Wildman–Crippen MR) is 57.3 cm³/mol. The summed E-state index contributed by atoms with van der Waals surface area (Å²) in [5.41, 5.74) is 0. The van der Waals surface area contributed by atoms with E-state index in [1.165, 1.54) is 25.9 Å². The number of rotatable bonds is 4. The molecule has 14 heavy (non-hydrogen) atoms. The van der Waals surface area contributed by atoms with E-state index in [4.69, 9.17) is 0 Å². The van der Waals surface area contributed by atoms with E-state index in [1.54, 1.807) is 0 Å². The highest BCUT2D eigenvalue weighted by molar-refractivity contribution is 5.33. The van der Waals surface area contributed by atoms with Gasteiger partial charge >= 0.3 is 0 Å². The zero-order valence-electron chi connectivity index (χ0n) is 8.66. The van der Waals surface area contributed by atoms with Gasteiger partial charge in [-0.25, -0.2) is 0 Å². The number of nitrogens with zero attached hydrogens (tertiary/aromatic N) is 2. The Morgan fingerprint density at radius 3 is 3.29 bits per heavy atom. The molecule has 2 N–H and O–H groups in total. The summed E-state index contributed by atoms with van der Waals surface area (Å²) in [5.74, 6) is 1.96. The fourth-order valence-corrected chi connectivity index (χ4v) is 1.91. The van der Waals surface area contributed by atoms with Gasteiger partial charge in [-0.3, -0.25) is 4.68 Å². The van der Waals surface area contributed by atoms with E-state index in [1.807, 2.05) is 24.0 Å². The maximum absolute atomic E-state index is 4.11. The topological polar surface area (TPSA) is 41.9 Å². The van der Waals surface area contributed by atoms with Crippen LogP contribution in [0.25, 0.3) is 0 Å². The summed E-state index contributed by atoms with van der Waals surface area (Å²) in [4.78, 5) is 0. The fraction of sp³-hybridized carbons (Fsp3) is 0.700. The van der Waals surface area contributed by atoms with E-state index in [2.05, 4.69) is 15.7 Å². The van der Waals surface area contributed by atoms with Crippen LogP contribution in [0.2, 0.25) is 0 Å². The molecule has 4 heteroatoms. The molecular formula is C10H18N4. The quantitative estimate of drug-likeness (QED) is 0.746. The van der Waals surface area contributed by atoms with Crippen LogP contribution in [0.1, 0.15) is 12.8 Å². The van der Waals surface area contributed by atoms with Gasteiger partial charge in [-0.1, -0.05) is 0 Å². The van der Waals surface area contributed by atoms with Crippen molar-refractivity contribution >= 4 is 5.82 Å². The third-order valence-corrected chi connectivity index (χ3v) is 2.84. The van der Waals surface area contributed by atoms with Gasteiger partial charge in [-0.15, -0.1) is 0 Å². The summed E-state index contributed by atoms with van der Waals surface area (Å²) in [7, 11) is 1.96. The number of aryl methyl sites for hydroxylation is 1. The first-order valence-electron chi connectivity index (χ1n) is 5.29. The molecule has 1 unspecified atom stereocenters. The van der Waals surface area contributed by atoms with Crippen LogP contribution in [-0.4, -0.2) is 29.4 Å². The number of hydrogen-bond acceptors (Lipinski definition) is 3. The van der Waals surface area contributed by atoms with Gasteiger partial charge in [0.15, 0.2) is 0 Å². The van der Waals surface area contributed by atoms with Gasteiger partial charge in [0.2, 0.25) is 0 Å². The van der Waals surface area contributed by atoms with Crippen molar-refractivity contribution in [1.82, 2.24) is 15.1 Å². The molecule has 1 aromatic heterocycles.